The quantitative estimate of drug-likeness (QED) is 0.238. The van der Waals surface area contributed by atoms with Crippen molar-refractivity contribution in [2.45, 2.75) is 5.54 Å². The minimum atomic E-state index is -1.43. The van der Waals surface area contributed by atoms with Crippen molar-refractivity contribution in [3.8, 4) is 0 Å². The van der Waals surface area contributed by atoms with Crippen molar-refractivity contribution in [1.82, 2.24) is 5.06 Å². The van der Waals surface area contributed by atoms with Crippen LogP contribution >= 0.6 is 0 Å². The molecule has 1 fully saturated rings. The highest BCUT2D eigenvalue weighted by molar-refractivity contribution is 6.09. The van der Waals surface area contributed by atoms with Gasteiger partial charge < -0.3 is 14.0 Å². The summed E-state index contributed by atoms with van der Waals surface area (Å²) in [4.78, 5) is 22.4. The molecular formula is C6H8NO5Si. The summed E-state index contributed by atoms with van der Waals surface area (Å²) < 4.78 is 13.5. The van der Waals surface area contributed by atoms with Crippen LogP contribution in [0, 0.1) is 0 Å². The molecule has 71 valence electrons. The smallest absolute Gasteiger partial charge is 0.341 e. The van der Waals surface area contributed by atoms with E-state index >= 15 is 0 Å². The fourth-order valence-corrected chi connectivity index (χ4v) is 1.26. The van der Waals surface area contributed by atoms with Gasteiger partial charge in [-0.15, -0.1) is 0 Å². The van der Waals surface area contributed by atoms with Crippen molar-refractivity contribution in [2.75, 3.05) is 20.8 Å². The summed E-state index contributed by atoms with van der Waals surface area (Å²) in [5, 5.41) is 1.11. The lowest BCUT2D eigenvalue weighted by molar-refractivity contribution is -0.163. The van der Waals surface area contributed by atoms with Crippen LogP contribution in [0.2, 0.25) is 0 Å². The number of esters is 2. The van der Waals surface area contributed by atoms with E-state index in [1.165, 1.54) is 14.2 Å². The maximum absolute atomic E-state index is 11.2. The molecule has 1 unspecified atom stereocenters. The highest BCUT2D eigenvalue weighted by atomic mass is 28.2. The fourth-order valence-electron chi connectivity index (χ4n) is 1.04. The summed E-state index contributed by atoms with van der Waals surface area (Å²) in [6.45, 7) is 0.121. The van der Waals surface area contributed by atoms with Crippen LogP contribution in [-0.4, -0.2) is 53.8 Å². The topological polar surface area (TPSA) is 64.8 Å². The van der Waals surface area contributed by atoms with Gasteiger partial charge in [0.25, 0.3) is 16.0 Å². The van der Waals surface area contributed by atoms with E-state index in [2.05, 4.69) is 24.5 Å². The number of carbonyl (C=O) groups is 2. The standard InChI is InChI=1S/C6H8NO5Si/c1-10-4(8)6(5(9)11-2)3-7(6)12-13/h3H2,1-2H3. The second-order valence-electron chi connectivity index (χ2n) is 2.47. The fraction of sp³-hybridized carbons (Fsp3) is 0.667. The van der Waals surface area contributed by atoms with Crippen LogP contribution in [0.25, 0.3) is 0 Å². The predicted octanol–water partition coefficient (Wildman–Crippen LogP) is -1.60. The first-order valence-corrected chi connectivity index (χ1v) is 3.82. The molecule has 1 aliphatic heterocycles. The lowest BCUT2D eigenvalue weighted by Crippen LogP contribution is -2.40. The maximum atomic E-state index is 11.2. The number of methoxy groups -OCH3 is 2. The molecule has 3 radical (unpaired) electrons. The van der Waals surface area contributed by atoms with E-state index in [4.69, 9.17) is 0 Å². The van der Waals surface area contributed by atoms with E-state index in [0.29, 0.717) is 0 Å². The lowest BCUT2D eigenvalue weighted by Gasteiger charge is -2.10. The van der Waals surface area contributed by atoms with Crippen molar-refractivity contribution in [1.29, 1.82) is 0 Å². The molecule has 1 atom stereocenters. The summed E-state index contributed by atoms with van der Waals surface area (Å²) in [5.74, 6) is -1.39. The second kappa shape index (κ2) is 3.44. The Hall–Kier alpha value is -0.923. The minimum Gasteiger partial charge on any atom is -0.467 e. The number of ether oxygens (including phenoxy) is 2. The zero-order valence-corrected chi connectivity index (χ0v) is 8.20. The molecule has 0 aliphatic carbocycles. The van der Waals surface area contributed by atoms with Gasteiger partial charge in [0.2, 0.25) is 0 Å². The van der Waals surface area contributed by atoms with Gasteiger partial charge in [-0.1, -0.05) is 0 Å². The third-order valence-electron chi connectivity index (χ3n) is 1.85. The highest BCUT2D eigenvalue weighted by Gasteiger charge is 2.68. The molecule has 0 N–H and O–H groups in total. The first-order valence-electron chi connectivity index (χ1n) is 3.41. The average Bonchev–Trinajstić information content (AvgIpc) is 2.91. The van der Waals surface area contributed by atoms with E-state index in [-0.39, 0.29) is 6.54 Å². The Bertz CT molecular complexity index is 227. The normalized spacial score (nSPS) is 23.5. The molecule has 6 nitrogen and oxygen atoms in total. The third kappa shape index (κ3) is 1.34. The van der Waals surface area contributed by atoms with E-state index in [0.717, 1.165) is 5.06 Å². The summed E-state index contributed by atoms with van der Waals surface area (Å²) in [6.07, 6.45) is 0. The van der Waals surface area contributed by atoms with Crippen LogP contribution in [0.1, 0.15) is 0 Å². The van der Waals surface area contributed by atoms with Crippen molar-refractivity contribution in [3.05, 3.63) is 0 Å². The monoisotopic (exact) mass is 202 g/mol. The van der Waals surface area contributed by atoms with Gasteiger partial charge in [0.05, 0.1) is 20.8 Å². The maximum Gasteiger partial charge on any atom is 0.341 e. The Morgan fingerprint density at radius 2 is 1.77 bits per heavy atom. The number of hydroxylamine groups is 2. The first kappa shape index (κ1) is 10.2. The molecule has 0 aromatic heterocycles. The molecule has 0 aromatic carbocycles. The Morgan fingerprint density at radius 1 is 1.31 bits per heavy atom. The molecule has 1 heterocycles. The molecule has 0 amide bonds. The molecule has 1 aliphatic rings. The van der Waals surface area contributed by atoms with Crippen molar-refractivity contribution in [3.63, 3.8) is 0 Å². The molecular weight excluding hydrogens is 194 g/mol. The number of nitrogens with zero attached hydrogens (tertiary/aromatic N) is 1. The number of rotatable bonds is 3. The van der Waals surface area contributed by atoms with Gasteiger partial charge in [-0.05, 0) is 0 Å². The molecule has 1 saturated heterocycles. The van der Waals surface area contributed by atoms with Gasteiger partial charge in [0.15, 0.2) is 0 Å². The van der Waals surface area contributed by atoms with Crippen LogP contribution in [0.15, 0.2) is 0 Å². The zero-order chi connectivity index (χ0) is 10.1. The molecule has 1 rings (SSSR count). The number of carbonyl (C=O) groups excluding carboxylic acids is 2. The summed E-state index contributed by atoms with van der Waals surface area (Å²) in [7, 11) is 5.09. The number of hydrogen-bond donors (Lipinski definition) is 0. The zero-order valence-electron chi connectivity index (χ0n) is 7.20. The van der Waals surface area contributed by atoms with E-state index < -0.39 is 17.5 Å². The predicted molar refractivity (Wildman–Crippen MR) is 40.3 cm³/mol. The van der Waals surface area contributed by atoms with Crippen molar-refractivity contribution >= 4 is 22.4 Å². The van der Waals surface area contributed by atoms with Gasteiger partial charge in [-0.2, -0.15) is 5.06 Å². The van der Waals surface area contributed by atoms with Crippen LogP contribution in [-0.2, 0) is 23.6 Å². The van der Waals surface area contributed by atoms with Crippen LogP contribution < -0.4 is 0 Å². The summed E-state index contributed by atoms with van der Waals surface area (Å²) >= 11 is 0. The second-order valence-corrected chi connectivity index (χ2v) is 2.65. The van der Waals surface area contributed by atoms with Crippen LogP contribution in [0.3, 0.4) is 0 Å². The highest BCUT2D eigenvalue weighted by Crippen LogP contribution is 2.34. The average molecular weight is 202 g/mol. The SMILES string of the molecule is COC(=O)C1(C(=O)OC)CN1O[Si]. The molecule has 0 spiro atoms. The third-order valence-corrected chi connectivity index (χ3v) is 2.07. The van der Waals surface area contributed by atoms with Crippen LogP contribution in [0.5, 0.6) is 0 Å². The molecule has 7 heteroatoms. The van der Waals surface area contributed by atoms with Gasteiger partial charge in [0.1, 0.15) is 0 Å². The lowest BCUT2D eigenvalue weighted by atomic mass is 10.1. The Balaban J connectivity index is 2.80. The minimum absolute atomic E-state index is 0.121. The van der Waals surface area contributed by atoms with Gasteiger partial charge in [-0.3, -0.25) is 0 Å². The Labute approximate surface area is 78.2 Å². The first-order chi connectivity index (χ1) is 6.13. The van der Waals surface area contributed by atoms with Gasteiger partial charge >= 0.3 is 11.9 Å². The molecule has 0 aromatic rings. The van der Waals surface area contributed by atoms with Crippen molar-refractivity contribution < 1.29 is 23.6 Å². The molecule has 0 bridgehead atoms. The largest absolute Gasteiger partial charge is 0.467 e. The van der Waals surface area contributed by atoms with Gasteiger partial charge in [0, 0.05) is 0 Å². The summed E-state index contributed by atoms with van der Waals surface area (Å²) in [6, 6.07) is 0. The van der Waals surface area contributed by atoms with E-state index in [9.17, 15) is 9.59 Å². The van der Waals surface area contributed by atoms with Crippen LogP contribution in [0.4, 0.5) is 0 Å². The Kier molecular flexibility index (Phi) is 2.69. The van der Waals surface area contributed by atoms with Crippen molar-refractivity contribution in [2.24, 2.45) is 0 Å². The van der Waals surface area contributed by atoms with Gasteiger partial charge in [-0.25, -0.2) is 9.59 Å². The Morgan fingerprint density at radius 3 is 2.00 bits per heavy atom. The summed E-state index contributed by atoms with van der Waals surface area (Å²) in [5.41, 5.74) is -1.43. The molecule has 0 saturated carbocycles. The van der Waals surface area contributed by atoms with E-state index in [1.54, 1.807) is 0 Å². The van der Waals surface area contributed by atoms with E-state index in [1.807, 2.05) is 0 Å². The number of hydrogen-bond acceptors (Lipinski definition) is 6. The molecule has 13 heavy (non-hydrogen) atoms.